The van der Waals surface area contributed by atoms with Gasteiger partial charge in [0.15, 0.2) is 6.29 Å². The van der Waals surface area contributed by atoms with Gasteiger partial charge in [-0.3, -0.25) is 0 Å². The standard InChI is InChI=1S/C4H11NO2.H3N/c1-4(6)7-3-2-5;/h4,6H,2-3,5H2,1H3;1H3. The first-order valence-corrected chi connectivity index (χ1v) is 2.27. The van der Waals surface area contributed by atoms with Gasteiger partial charge in [-0.05, 0) is 6.92 Å². The van der Waals surface area contributed by atoms with Crippen LogP contribution in [0, 0.1) is 0 Å². The van der Waals surface area contributed by atoms with Crippen molar-refractivity contribution in [3.05, 3.63) is 0 Å². The van der Waals surface area contributed by atoms with Crippen LogP contribution in [0.3, 0.4) is 0 Å². The van der Waals surface area contributed by atoms with Gasteiger partial charge >= 0.3 is 0 Å². The van der Waals surface area contributed by atoms with Gasteiger partial charge in [0.05, 0.1) is 6.61 Å². The number of rotatable bonds is 3. The summed E-state index contributed by atoms with van der Waals surface area (Å²) in [5, 5.41) is 8.41. The predicted octanol–water partition coefficient (Wildman–Crippen LogP) is -0.538. The maximum Gasteiger partial charge on any atom is 0.151 e. The lowest BCUT2D eigenvalue weighted by atomic mass is 10.7. The molecule has 0 aromatic rings. The molecule has 0 aromatic carbocycles. The maximum atomic E-state index is 8.41. The van der Waals surface area contributed by atoms with Crippen LogP contribution in [-0.2, 0) is 4.74 Å². The summed E-state index contributed by atoms with van der Waals surface area (Å²) in [4.78, 5) is 0. The topological polar surface area (TPSA) is 90.5 Å². The van der Waals surface area contributed by atoms with Gasteiger partial charge in [-0.15, -0.1) is 0 Å². The van der Waals surface area contributed by atoms with E-state index in [9.17, 15) is 0 Å². The molecular formula is C4H14N2O2. The molecule has 0 aliphatic carbocycles. The number of nitrogens with two attached hydrogens (primary N) is 1. The van der Waals surface area contributed by atoms with Crippen molar-refractivity contribution in [3.8, 4) is 0 Å². The van der Waals surface area contributed by atoms with E-state index in [0.717, 1.165) is 0 Å². The van der Waals surface area contributed by atoms with Crippen molar-refractivity contribution in [1.29, 1.82) is 0 Å². The summed E-state index contributed by atoms with van der Waals surface area (Å²) in [7, 11) is 0. The molecule has 0 saturated carbocycles. The van der Waals surface area contributed by atoms with Crippen molar-refractivity contribution in [2.24, 2.45) is 5.73 Å². The summed E-state index contributed by atoms with van der Waals surface area (Å²) in [6.45, 7) is 2.44. The molecule has 0 aliphatic heterocycles. The van der Waals surface area contributed by atoms with E-state index in [0.29, 0.717) is 13.2 Å². The summed E-state index contributed by atoms with van der Waals surface area (Å²) >= 11 is 0. The lowest BCUT2D eigenvalue weighted by Gasteiger charge is -2.02. The average Bonchev–Trinajstić information content (AvgIpc) is 1.61. The van der Waals surface area contributed by atoms with E-state index in [1.54, 1.807) is 6.92 Å². The first kappa shape index (κ1) is 10.8. The predicted molar refractivity (Wildman–Crippen MR) is 31.7 cm³/mol. The first-order chi connectivity index (χ1) is 3.27. The van der Waals surface area contributed by atoms with Gasteiger partial charge in [0.1, 0.15) is 0 Å². The van der Waals surface area contributed by atoms with Crippen molar-refractivity contribution in [3.63, 3.8) is 0 Å². The molecule has 1 unspecified atom stereocenters. The second kappa shape index (κ2) is 6.84. The van der Waals surface area contributed by atoms with Crippen LogP contribution < -0.4 is 11.9 Å². The molecule has 0 aromatic heterocycles. The quantitative estimate of drug-likeness (QED) is 0.438. The Morgan fingerprint density at radius 3 is 2.38 bits per heavy atom. The van der Waals surface area contributed by atoms with Crippen LogP contribution in [-0.4, -0.2) is 24.5 Å². The molecule has 0 radical (unpaired) electrons. The Labute approximate surface area is 49.2 Å². The van der Waals surface area contributed by atoms with E-state index in [1.165, 1.54) is 0 Å². The highest BCUT2D eigenvalue weighted by molar-refractivity contribution is 4.29. The van der Waals surface area contributed by atoms with Crippen molar-refractivity contribution in [2.45, 2.75) is 13.2 Å². The molecule has 1 atom stereocenters. The highest BCUT2D eigenvalue weighted by Crippen LogP contribution is 1.78. The van der Waals surface area contributed by atoms with Gasteiger partial charge in [0, 0.05) is 6.54 Å². The third-order valence-corrected chi connectivity index (χ3v) is 0.477. The number of aliphatic hydroxyl groups excluding tert-OH is 1. The molecule has 0 rings (SSSR count). The maximum absolute atomic E-state index is 8.41. The van der Waals surface area contributed by atoms with E-state index < -0.39 is 6.29 Å². The number of ether oxygens (including phenoxy) is 1. The molecular weight excluding hydrogens is 108 g/mol. The molecule has 4 nitrogen and oxygen atoms in total. The van der Waals surface area contributed by atoms with Gasteiger partial charge in [0.2, 0.25) is 0 Å². The highest BCUT2D eigenvalue weighted by atomic mass is 16.6. The largest absolute Gasteiger partial charge is 0.368 e. The Morgan fingerprint density at radius 2 is 2.25 bits per heavy atom. The number of hydrogen-bond donors (Lipinski definition) is 3. The molecule has 52 valence electrons. The molecule has 4 heteroatoms. The van der Waals surface area contributed by atoms with Gasteiger partial charge in [-0.1, -0.05) is 0 Å². The molecule has 0 bridgehead atoms. The van der Waals surface area contributed by atoms with Gasteiger partial charge in [-0.25, -0.2) is 0 Å². The van der Waals surface area contributed by atoms with Gasteiger partial charge in [-0.2, -0.15) is 0 Å². The fourth-order valence-corrected chi connectivity index (χ4v) is 0.239. The lowest BCUT2D eigenvalue weighted by molar-refractivity contribution is -0.0819. The number of aliphatic hydroxyl groups is 1. The molecule has 8 heavy (non-hydrogen) atoms. The fraction of sp³-hybridized carbons (Fsp3) is 1.00. The van der Waals surface area contributed by atoms with Crippen LogP contribution in [0.25, 0.3) is 0 Å². The van der Waals surface area contributed by atoms with Crippen LogP contribution in [0.1, 0.15) is 6.92 Å². The zero-order valence-electron chi connectivity index (χ0n) is 5.13. The molecule has 0 aliphatic rings. The van der Waals surface area contributed by atoms with Crippen molar-refractivity contribution in [1.82, 2.24) is 6.15 Å². The third-order valence-electron chi connectivity index (χ3n) is 0.477. The second-order valence-corrected chi connectivity index (χ2v) is 1.26. The Hall–Kier alpha value is -0.160. The van der Waals surface area contributed by atoms with E-state index in [2.05, 4.69) is 4.74 Å². The summed E-state index contributed by atoms with van der Waals surface area (Å²) in [6.07, 6.45) is -0.677. The minimum atomic E-state index is -0.677. The molecule has 0 saturated heterocycles. The number of hydrogen-bond acceptors (Lipinski definition) is 4. The summed E-state index contributed by atoms with van der Waals surface area (Å²) in [5.74, 6) is 0. The monoisotopic (exact) mass is 122 g/mol. The van der Waals surface area contributed by atoms with Crippen molar-refractivity contribution in [2.75, 3.05) is 13.2 Å². The Morgan fingerprint density at radius 1 is 1.75 bits per heavy atom. The summed E-state index contributed by atoms with van der Waals surface area (Å²) < 4.78 is 4.62. The summed E-state index contributed by atoms with van der Waals surface area (Å²) in [6, 6.07) is 0. The smallest absolute Gasteiger partial charge is 0.151 e. The minimum Gasteiger partial charge on any atom is -0.368 e. The average molecular weight is 122 g/mol. The fourth-order valence-electron chi connectivity index (χ4n) is 0.239. The molecule has 6 N–H and O–H groups in total. The Bertz CT molecular complexity index is 41.0. The first-order valence-electron chi connectivity index (χ1n) is 2.27. The molecule has 0 heterocycles. The highest BCUT2D eigenvalue weighted by Gasteiger charge is 1.88. The molecule has 0 spiro atoms. The van der Waals surface area contributed by atoms with Crippen LogP contribution >= 0.6 is 0 Å². The van der Waals surface area contributed by atoms with E-state index in [-0.39, 0.29) is 6.15 Å². The van der Waals surface area contributed by atoms with Crippen LogP contribution in [0.15, 0.2) is 0 Å². The van der Waals surface area contributed by atoms with E-state index in [1.807, 2.05) is 0 Å². The summed E-state index contributed by atoms with van der Waals surface area (Å²) in [5.41, 5.74) is 5.04. The van der Waals surface area contributed by atoms with Gasteiger partial charge < -0.3 is 21.7 Å². The Balaban J connectivity index is 0. The zero-order chi connectivity index (χ0) is 5.70. The zero-order valence-corrected chi connectivity index (χ0v) is 5.13. The van der Waals surface area contributed by atoms with Crippen LogP contribution in [0.5, 0.6) is 0 Å². The van der Waals surface area contributed by atoms with Crippen LogP contribution in [0.2, 0.25) is 0 Å². The van der Waals surface area contributed by atoms with Crippen molar-refractivity contribution >= 4 is 0 Å². The lowest BCUT2D eigenvalue weighted by Crippen LogP contribution is -2.14. The molecule has 0 amide bonds. The van der Waals surface area contributed by atoms with Gasteiger partial charge in [0.25, 0.3) is 0 Å². The SMILES string of the molecule is CC(O)OCCN.N. The normalized spacial score (nSPS) is 12.4. The third kappa shape index (κ3) is 9.28. The van der Waals surface area contributed by atoms with E-state index >= 15 is 0 Å². The van der Waals surface area contributed by atoms with E-state index in [4.69, 9.17) is 10.8 Å². The second-order valence-electron chi connectivity index (χ2n) is 1.26. The van der Waals surface area contributed by atoms with Crippen molar-refractivity contribution < 1.29 is 9.84 Å². The van der Waals surface area contributed by atoms with Crippen LogP contribution in [0.4, 0.5) is 0 Å². The Kier molecular flexibility index (Phi) is 9.20. The minimum absolute atomic E-state index is 0. The molecule has 0 fully saturated rings.